The maximum absolute atomic E-state index is 13.2. The monoisotopic (exact) mass is 290 g/mol. The maximum Gasteiger partial charge on any atom is 0.188 e. The largest absolute Gasteiger partial charge is 0.329 e. The van der Waals surface area contributed by atoms with Gasteiger partial charge >= 0.3 is 0 Å². The standard InChI is InChI=1S/C9H5BrF2N2S/c10-8-4-15-9(14-8)13-7-2-1-5(11)3-6(7)12/h1-4H,(H,13,14). The summed E-state index contributed by atoms with van der Waals surface area (Å²) < 4.78 is 26.5. The van der Waals surface area contributed by atoms with Gasteiger partial charge < -0.3 is 5.32 Å². The molecule has 15 heavy (non-hydrogen) atoms. The second-order valence-electron chi connectivity index (χ2n) is 2.72. The highest BCUT2D eigenvalue weighted by molar-refractivity contribution is 9.10. The summed E-state index contributed by atoms with van der Waals surface area (Å²) in [7, 11) is 0. The molecule has 0 aliphatic carbocycles. The fourth-order valence-corrected chi connectivity index (χ4v) is 2.17. The van der Waals surface area contributed by atoms with Gasteiger partial charge in [-0.3, -0.25) is 0 Å². The second kappa shape index (κ2) is 4.24. The summed E-state index contributed by atoms with van der Waals surface area (Å²) in [6, 6.07) is 3.35. The lowest BCUT2D eigenvalue weighted by molar-refractivity contribution is 0.586. The highest BCUT2D eigenvalue weighted by Crippen LogP contribution is 2.25. The van der Waals surface area contributed by atoms with Crippen LogP contribution in [0.4, 0.5) is 19.6 Å². The van der Waals surface area contributed by atoms with Gasteiger partial charge in [0.05, 0.1) is 5.69 Å². The van der Waals surface area contributed by atoms with Gasteiger partial charge in [-0.05, 0) is 28.1 Å². The van der Waals surface area contributed by atoms with E-state index in [9.17, 15) is 8.78 Å². The molecule has 0 fully saturated rings. The second-order valence-corrected chi connectivity index (χ2v) is 4.40. The Hall–Kier alpha value is -1.01. The van der Waals surface area contributed by atoms with Crippen molar-refractivity contribution < 1.29 is 8.78 Å². The van der Waals surface area contributed by atoms with Gasteiger partial charge in [0.15, 0.2) is 5.13 Å². The van der Waals surface area contributed by atoms with Crippen molar-refractivity contribution in [2.75, 3.05) is 5.32 Å². The molecule has 2 aromatic rings. The molecule has 1 N–H and O–H groups in total. The lowest BCUT2D eigenvalue weighted by atomic mass is 10.3. The number of nitrogens with one attached hydrogen (secondary N) is 1. The van der Waals surface area contributed by atoms with Crippen LogP contribution in [-0.4, -0.2) is 4.98 Å². The lowest BCUT2D eigenvalue weighted by Gasteiger charge is -2.03. The van der Waals surface area contributed by atoms with E-state index in [0.717, 1.165) is 6.07 Å². The van der Waals surface area contributed by atoms with Gasteiger partial charge in [0.2, 0.25) is 0 Å². The van der Waals surface area contributed by atoms with Crippen molar-refractivity contribution in [3.05, 3.63) is 39.8 Å². The van der Waals surface area contributed by atoms with Crippen molar-refractivity contribution in [1.29, 1.82) is 0 Å². The molecule has 1 aromatic carbocycles. The van der Waals surface area contributed by atoms with Gasteiger partial charge in [-0.25, -0.2) is 13.8 Å². The third-order valence-electron chi connectivity index (χ3n) is 1.65. The average Bonchev–Trinajstić information content (AvgIpc) is 2.56. The first kappa shape index (κ1) is 10.5. The van der Waals surface area contributed by atoms with Crippen molar-refractivity contribution in [2.45, 2.75) is 0 Å². The summed E-state index contributed by atoms with van der Waals surface area (Å²) in [4.78, 5) is 4.03. The number of hydrogen-bond donors (Lipinski definition) is 1. The quantitative estimate of drug-likeness (QED) is 0.907. The topological polar surface area (TPSA) is 24.9 Å². The van der Waals surface area contributed by atoms with E-state index in [4.69, 9.17) is 0 Å². The minimum absolute atomic E-state index is 0.207. The number of halogens is 3. The third-order valence-corrected chi connectivity index (χ3v) is 3.12. The molecular weight excluding hydrogens is 286 g/mol. The summed E-state index contributed by atoms with van der Waals surface area (Å²) >= 11 is 4.51. The molecule has 2 nitrogen and oxygen atoms in total. The molecular formula is C9H5BrF2N2S. The van der Waals surface area contributed by atoms with Crippen LogP contribution in [0.5, 0.6) is 0 Å². The fourth-order valence-electron chi connectivity index (χ4n) is 1.02. The van der Waals surface area contributed by atoms with E-state index in [1.807, 2.05) is 0 Å². The Labute approximate surface area is 97.1 Å². The highest BCUT2D eigenvalue weighted by Gasteiger charge is 2.05. The molecule has 0 atom stereocenters. The summed E-state index contributed by atoms with van der Waals surface area (Å²) in [5.41, 5.74) is 0.207. The molecule has 0 saturated heterocycles. The average molecular weight is 291 g/mol. The van der Waals surface area contributed by atoms with Crippen molar-refractivity contribution in [1.82, 2.24) is 4.98 Å². The Bertz CT molecular complexity index is 487. The lowest BCUT2D eigenvalue weighted by Crippen LogP contribution is -1.93. The smallest absolute Gasteiger partial charge is 0.188 e. The molecule has 0 unspecified atom stereocenters. The minimum atomic E-state index is -0.638. The molecule has 78 valence electrons. The van der Waals surface area contributed by atoms with E-state index in [-0.39, 0.29) is 5.69 Å². The fraction of sp³-hybridized carbons (Fsp3) is 0. The summed E-state index contributed by atoms with van der Waals surface area (Å²) in [5.74, 6) is -1.24. The third kappa shape index (κ3) is 2.51. The minimum Gasteiger partial charge on any atom is -0.329 e. The molecule has 0 radical (unpaired) electrons. The van der Waals surface area contributed by atoms with Crippen LogP contribution in [0.2, 0.25) is 0 Å². The van der Waals surface area contributed by atoms with Crippen LogP contribution in [0.25, 0.3) is 0 Å². The first-order chi connectivity index (χ1) is 7.15. The first-order valence-corrected chi connectivity index (χ1v) is 5.65. The summed E-state index contributed by atoms with van der Waals surface area (Å²) in [5, 5.41) is 5.07. The predicted molar refractivity (Wildman–Crippen MR) is 59.5 cm³/mol. The summed E-state index contributed by atoms with van der Waals surface area (Å²) in [6.45, 7) is 0. The van der Waals surface area contributed by atoms with E-state index in [1.54, 1.807) is 5.38 Å². The number of hydrogen-bond acceptors (Lipinski definition) is 3. The molecule has 0 bridgehead atoms. The van der Waals surface area contributed by atoms with Crippen molar-refractivity contribution in [3.63, 3.8) is 0 Å². The number of nitrogens with zero attached hydrogens (tertiary/aromatic N) is 1. The molecule has 1 aromatic heterocycles. The predicted octanol–water partition coefficient (Wildman–Crippen LogP) is 3.93. The van der Waals surface area contributed by atoms with Crippen LogP contribution in [0.1, 0.15) is 0 Å². The zero-order valence-corrected chi connectivity index (χ0v) is 9.70. The number of thiazole rings is 1. The zero-order chi connectivity index (χ0) is 10.8. The van der Waals surface area contributed by atoms with Gasteiger partial charge in [-0.2, -0.15) is 0 Å². The normalized spacial score (nSPS) is 10.3. The molecule has 0 saturated carbocycles. The van der Waals surface area contributed by atoms with Crippen molar-refractivity contribution in [3.8, 4) is 0 Å². The Kier molecular flexibility index (Phi) is 2.97. The Morgan fingerprint density at radius 2 is 2.13 bits per heavy atom. The Balaban J connectivity index is 2.24. The van der Waals surface area contributed by atoms with Crippen LogP contribution >= 0.6 is 27.3 Å². The van der Waals surface area contributed by atoms with Gasteiger partial charge in [0.1, 0.15) is 16.2 Å². The molecule has 0 spiro atoms. The van der Waals surface area contributed by atoms with Gasteiger partial charge in [-0.1, -0.05) is 0 Å². The summed E-state index contributed by atoms with van der Waals surface area (Å²) in [6.07, 6.45) is 0. The van der Waals surface area contributed by atoms with Gasteiger partial charge in [0, 0.05) is 11.4 Å². The molecule has 6 heteroatoms. The van der Waals surface area contributed by atoms with Crippen molar-refractivity contribution >= 4 is 38.1 Å². The first-order valence-electron chi connectivity index (χ1n) is 3.98. The van der Waals surface area contributed by atoms with E-state index >= 15 is 0 Å². The van der Waals surface area contributed by atoms with Crippen molar-refractivity contribution in [2.24, 2.45) is 0 Å². The number of anilines is 2. The van der Waals surface area contributed by atoms with E-state index in [2.05, 4.69) is 26.2 Å². The Morgan fingerprint density at radius 3 is 2.73 bits per heavy atom. The molecule has 1 heterocycles. The van der Waals surface area contributed by atoms with Gasteiger partial charge in [0.25, 0.3) is 0 Å². The molecule has 0 amide bonds. The van der Waals surface area contributed by atoms with E-state index in [0.29, 0.717) is 9.73 Å². The molecule has 2 rings (SSSR count). The number of aromatic nitrogens is 1. The van der Waals surface area contributed by atoms with Crippen LogP contribution in [0, 0.1) is 11.6 Å². The molecule has 0 aliphatic heterocycles. The van der Waals surface area contributed by atoms with E-state index in [1.165, 1.54) is 23.5 Å². The maximum atomic E-state index is 13.2. The highest BCUT2D eigenvalue weighted by atomic mass is 79.9. The SMILES string of the molecule is Fc1ccc(Nc2nc(Br)cs2)c(F)c1. The zero-order valence-electron chi connectivity index (χ0n) is 7.30. The van der Waals surface area contributed by atoms with Crippen LogP contribution in [-0.2, 0) is 0 Å². The van der Waals surface area contributed by atoms with E-state index < -0.39 is 11.6 Å². The number of rotatable bonds is 2. The van der Waals surface area contributed by atoms with Crippen LogP contribution in [0.15, 0.2) is 28.2 Å². The van der Waals surface area contributed by atoms with Crippen LogP contribution < -0.4 is 5.32 Å². The number of benzene rings is 1. The van der Waals surface area contributed by atoms with Crippen LogP contribution in [0.3, 0.4) is 0 Å². The Morgan fingerprint density at radius 1 is 1.33 bits per heavy atom. The van der Waals surface area contributed by atoms with Gasteiger partial charge in [-0.15, -0.1) is 11.3 Å². The molecule has 0 aliphatic rings.